The smallest absolute Gasteiger partial charge is 0.106 e. The quantitative estimate of drug-likeness (QED) is 0.572. The number of nitrogens with two attached hydrogens (primary N) is 1. The van der Waals surface area contributed by atoms with Gasteiger partial charge < -0.3 is 10.9 Å². The van der Waals surface area contributed by atoms with Crippen molar-refractivity contribution in [2.75, 3.05) is 0 Å². The number of nitrogens with zero attached hydrogens (tertiary/aromatic N) is 1. The normalized spacial score (nSPS) is 10.0. The van der Waals surface area contributed by atoms with Gasteiger partial charge >= 0.3 is 0 Å². The molecule has 0 amide bonds. The molecule has 1 radical (unpaired) electrons. The van der Waals surface area contributed by atoms with Crippen LogP contribution in [0.5, 0.6) is 0 Å². The molecule has 0 aliphatic carbocycles. The van der Waals surface area contributed by atoms with Crippen molar-refractivity contribution in [3.63, 3.8) is 0 Å². The predicted octanol–water partition coefficient (Wildman–Crippen LogP) is 4.21. The third-order valence-electron chi connectivity index (χ3n) is 1.82. The predicted molar refractivity (Wildman–Crippen MR) is 72.0 cm³/mol. The molecule has 2 N–H and O–H groups in total. The number of rotatable bonds is 6. The minimum absolute atomic E-state index is 0. The molecule has 1 rings (SSSR count). The van der Waals surface area contributed by atoms with E-state index in [0.717, 1.165) is 11.4 Å². The van der Waals surface area contributed by atoms with E-state index >= 15 is 0 Å². The molecule has 0 aliphatic rings. The monoisotopic (exact) mass is 345 g/mol. The van der Waals surface area contributed by atoms with Gasteiger partial charge in [-0.15, -0.1) is 0 Å². The van der Waals surface area contributed by atoms with Gasteiger partial charge in [0.2, 0.25) is 0 Å². The maximum atomic E-state index is 10.2. The Bertz CT molecular complexity index is 310. The van der Waals surface area contributed by atoms with E-state index < -0.39 is 0 Å². The molecule has 1 aromatic heterocycles. The van der Waals surface area contributed by atoms with E-state index in [-0.39, 0.29) is 43.6 Å². The van der Waals surface area contributed by atoms with Gasteiger partial charge in [0.15, 0.2) is 0 Å². The van der Waals surface area contributed by atoms with Crippen molar-refractivity contribution in [3.8, 4) is 0 Å². The topological polar surface area (TPSA) is 63.5 Å². The van der Waals surface area contributed by atoms with Crippen LogP contribution in [0.3, 0.4) is 0 Å². The van der Waals surface area contributed by atoms with Crippen molar-refractivity contribution in [1.82, 2.24) is 4.98 Å². The van der Waals surface area contributed by atoms with Gasteiger partial charge in [-0.3, -0.25) is 6.29 Å². The van der Waals surface area contributed by atoms with Crippen molar-refractivity contribution in [3.05, 3.63) is 30.5 Å². The molecule has 17 heavy (non-hydrogen) atoms. The van der Waals surface area contributed by atoms with E-state index in [1.165, 1.54) is 0 Å². The average Bonchev–Trinajstić information content (AvgIpc) is 2.25. The zero-order chi connectivity index (χ0) is 11.1. The molecule has 0 saturated heterocycles. The summed E-state index contributed by atoms with van der Waals surface area (Å²) in [4.78, 5) is 14.4. The number of aromatic nitrogens is 1. The fourth-order valence-corrected chi connectivity index (χ4v) is 3.16. The molecular weight excluding hydrogens is 329 g/mol. The van der Waals surface area contributed by atoms with Gasteiger partial charge in [-0.1, -0.05) is 23.3 Å². The van der Waals surface area contributed by atoms with Gasteiger partial charge in [-0.25, -0.2) is 4.98 Å². The van der Waals surface area contributed by atoms with Crippen molar-refractivity contribution in [2.24, 2.45) is 0 Å². The van der Waals surface area contributed by atoms with Gasteiger partial charge in [0, 0.05) is 43.7 Å². The Labute approximate surface area is 136 Å². The molecule has 3 nitrogen and oxygen atoms in total. The van der Waals surface area contributed by atoms with E-state index in [0.29, 0.717) is 6.42 Å². The van der Waals surface area contributed by atoms with Crippen molar-refractivity contribution in [1.29, 1.82) is 0 Å². The van der Waals surface area contributed by atoms with Gasteiger partial charge in [-0.05, 0) is 36.8 Å². The maximum Gasteiger partial charge on any atom is 0.106 e. The van der Waals surface area contributed by atoms with Crippen molar-refractivity contribution < 1.29 is 37.5 Å². The first-order valence-corrected chi connectivity index (χ1v) is 6.91. The average molecular weight is 345 g/mol. The van der Waals surface area contributed by atoms with Gasteiger partial charge in [-0.2, -0.15) is 6.42 Å². The summed E-state index contributed by atoms with van der Waals surface area (Å²) in [5.74, 6) is 0. The molecule has 0 atom stereocenters. The van der Waals surface area contributed by atoms with Crippen LogP contribution in [-0.2, 0) is 37.5 Å². The maximum absolute atomic E-state index is 10.2. The zero-order valence-corrected chi connectivity index (χ0v) is 14.5. The molecular formula is C11H16N2OS2Y-2. The second kappa shape index (κ2) is 10.5. The molecule has 0 bridgehead atoms. The first-order valence-electron chi connectivity index (χ1n) is 4.76. The Morgan fingerprint density at radius 2 is 2.12 bits per heavy atom. The Balaban J connectivity index is 0. The third kappa shape index (κ3) is 9.20. The first kappa shape index (κ1) is 19.9. The largest absolute Gasteiger partial charge is 0.693 e. The number of hydrogen-bond acceptors (Lipinski definition) is 4. The molecule has 0 aromatic carbocycles. The zero-order valence-electron chi connectivity index (χ0n) is 10.1. The molecule has 0 spiro atoms. The van der Waals surface area contributed by atoms with Crippen LogP contribution >= 0.6 is 21.6 Å². The van der Waals surface area contributed by atoms with E-state index in [1.54, 1.807) is 27.8 Å². The summed E-state index contributed by atoms with van der Waals surface area (Å²) in [6.45, 7) is 4.26. The molecule has 0 aliphatic heterocycles. The third-order valence-corrected chi connectivity index (χ3v) is 5.09. The number of pyridine rings is 1. The summed E-state index contributed by atoms with van der Waals surface area (Å²) < 4.78 is 0.0829. The van der Waals surface area contributed by atoms with Gasteiger partial charge in [0.25, 0.3) is 0 Å². The van der Waals surface area contributed by atoms with Gasteiger partial charge in [0.1, 0.15) is 5.03 Å². The molecule has 1 heterocycles. The van der Waals surface area contributed by atoms with E-state index in [1.807, 2.05) is 24.5 Å². The van der Waals surface area contributed by atoms with E-state index in [2.05, 4.69) is 18.8 Å². The summed E-state index contributed by atoms with van der Waals surface area (Å²) in [5, 5.41) is 1.01. The number of hydrogen-bond donors (Lipinski definition) is 0. The van der Waals surface area contributed by atoms with Crippen LogP contribution in [0, 0.1) is 0 Å². The second-order valence-electron chi connectivity index (χ2n) is 3.74. The van der Waals surface area contributed by atoms with Crippen LogP contribution in [-0.4, -0.2) is 16.0 Å². The Kier molecular flexibility index (Phi) is 12.3. The molecule has 93 valence electrons. The van der Waals surface area contributed by atoms with Crippen molar-refractivity contribution >= 4 is 27.9 Å². The second-order valence-corrected chi connectivity index (χ2v) is 6.60. The van der Waals surface area contributed by atoms with Crippen molar-refractivity contribution in [2.45, 2.75) is 36.5 Å². The Morgan fingerprint density at radius 3 is 2.65 bits per heavy atom. The molecule has 0 fully saturated rings. The summed E-state index contributed by atoms with van der Waals surface area (Å²) in [6, 6.07) is 5.86. The molecule has 6 heteroatoms. The SMILES string of the molecule is CC(C)(CC[C-]=O)SSc1ccccn1.[NH2-].[Y]. The number of carbonyl (C=O) groups excluding carboxylic acids is 1. The fraction of sp³-hybridized carbons (Fsp3) is 0.455. The molecule has 0 unspecified atom stereocenters. The van der Waals surface area contributed by atoms with Gasteiger partial charge in [0.05, 0.1) is 0 Å². The van der Waals surface area contributed by atoms with Crippen LogP contribution in [0.2, 0.25) is 0 Å². The summed E-state index contributed by atoms with van der Waals surface area (Å²) in [7, 11) is 3.40. The van der Waals surface area contributed by atoms with E-state index in [9.17, 15) is 4.79 Å². The minimum atomic E-state index is 0. The Morgan fingerprint density at radius 1 is 1.41 bits per heavy atom. The van der Waals surface area contributed by atoms with Crippen LogP contribution < -0.4 is 0 Å². The minimum Gasteiger partial charge on any atom is -0.693 e. The van der Waals surface area contributed by atoms with Crippen LogP contribution in [0.4, 0.5) is 0 Å². The van der Waals surface area contributed by atoms with Crippen LogP contribution in [0.1, 0.15) is 26.7 Å². The van der Waals surface area contributed by atoms with Crippen LogP contribution in [0.15, 0.2) is 29.4 Å². The summed E-state index contributed by atoms with van der Waals surface area (Å²) in [6.07, 6.45) is 5.07. The summed E-state index contributed by atoms with van der Waals surface area (Å²) >= 11 is 0. The Hall–Kier alpha value is 0.584. The first-order chi connectivity index (χ1) is 7.14. The summed E-state index contributed by atoms with van der Waals surface area (Å²) in [5.41, 5.74) is 0. The van der Waals surface area contributed by atoms with Crippen LogP contribution in [0.25, 0.3) is 6.15 Å². The van der Waals surface area contributed by atoms with E-state index in [4.69, 9.17) is 0 Å². The molecule has 1 aromatic rings. The standard InChI is InChI=1S/C11H14NOS2.H2N.Y/c1-11(2,7-5-9-13)15-14-10-6-3-4-8-12-10;;/h3-4,6,8H,5,7H2,1-2H3;1H2;/q2*-1;. The fourth-order valence-electron chi connectivity index (χ4n) is 0.946. The molecule has 0 saturated carbocycles.